The number of nitrogens with zero attached hydrogens (tertiary/aromatic N) is 1. The Bertz CT molecular complexity index is 474. The highest BCUT2D eigenvalue weighted by Crippen LogP contribution is 2.04. The molecule has 0 aliphatic rings. The second-order valence-electron chi connectivity index (χ2n) is 3.04. The molecular weight excluding hydrogens is 212 g/mol. The summed E-state index contributed by atoms with van der Waals surface area (Å²) in [6.45, 7) is 1.81. The number of hydrogen-bond acceptors (Lipinski definition) is 3. The number of nitriles is 1. The molecule has 1 aromatic rings. The molecule has 0 atom stereocenters. The van der Waals surface area contributed by atoms with Gasteiger partial charge in [-0.25, -0.2) is 13.1 Å². The summed E-state index contributed by atoms with van der Waals surface area (Å²) in [6, 6.07) is 8.85. The van der Waals surface area contributed by atoms with Crippen molar-refractivity contribution in [1.82, 2.24) is 4.72 Å². The highest BCUT2D eigenvalue weighted by atomic mass is 32.2. The first-order chi connectivity index (χ1) is 7.07. The summed E-state index contributed by atoms with van der Waals surface area (Å²) >= 11 is 0. The van der Waals surface area contributed by atoms with Crippen molar-refractivity contribution in [2.45, 2.75) is 13.5 Å². The van der Waals surface area contributed by atoms with E-state index in [1.54, 1.807) is 31.2 Å². The third-order valence-electron chi connectivity index (χ3n) is 1.93. The second-order valence-corrected chi connectivity index (χ2v) is 5.13. The van der Waals surface area contributed by atoms with Gasteiger partial charge in [0.25, 0.3) is 0 Å². The van der Waals surface area contributed by atoms with Crippen LogP contribution in [-0.2, 0) is 16.6 Å². The van der Waals surface area contributed by atoms with Gasteiger partial charge in [-0.2, -0.15) is 5.26 Å². The van der Waals surface area contributed by atoms with Crippen molar-refractivity contribution >= 4 is 10.0 Å². The maximum atomic E-state index is 11.2. The van der Waals surface area contributed by atoms with Crippen LogP contribution in [0, 0.1) is 11.3 Å². The molecule has 1 aromatic carbocycles. The smallest absolute Gasteiger partial charge is 0.211 e. The average Bonchev–Trinajstić information content (AvgIpc) is 2.27. The van der Waals surface area contributed by atoms with E-state index in [4.69, 9.17) is 5.26 Å². The molecule has 1 N–H and O–H groups in total. The van der Waals surface area contributed by atoms with Crippen LogP contribution in [0.1, 0.15) is 18.1 Å². The summed E-state index contributed by atoms with van der Waals surface area (Å²) in [6.07, 6.45) is 0. The molecule has 0 fully saturated rings. The van der Waals surface area contributed by atoms with E-state index >= 15 is 0 Å². The maximum absolute atomic E-state index is 11.2. The predicted molar refractivity (Wildman–Crippen MR) is 57.5 cm³/mol. The van der Waals surface area contributed by atoms with Crippen LogP contribution in [0.5, 0.6) is 0 Å². The molecule has 80 valence electrons. The van der Waals surface area contributed by atoms with Gasteiger partial charge in [-0.3, -0.25) is 0 Å². The first kappa shape index (κ1) is 11.7. The SMILES string of the molecule is CCS(=O)(=O)NCc1cccc(C#N)c1. The predicted octanol–water partition coefficient (Wildman–Crippen LogP) is 0.998. The van der Waals surface area contributed by atoms with Gasteiger partial charge in [0, 0.05) is 6.54 Å². The molecule has 15 heavy (non-hydrogen) atoms. The van der Waals surface area contributed by atoms with Crippen molar-refractivity contribution in [3.63, 3.8) is 0 Å². The molecule has 0 radical (unpaired) electrons. The van der Waals surface area contributed by atoms with Crippen molar-refractivity contribution in [2.75, 3.05) is 5.75 Å². The Labute approximate surface area is 89.6 Å². The normalized spacial score (nSPS) is 10.9. The van der Waals surface area contributed by atoms with Crippen LogP contribution in [0.15, 0.2) is 24.3 Å². The van der Waals surface area contributed by atoms with Crippen LogP contribution in [0.25, 0.3) is 0 Å². The molecule has 0 amide bonds. The fourth-order valence-electron chi connectivity index (χ4n) is 1.05. The van der Waals surface area contributed by atoms with Gasteiger partial charge in [0.15, 0.2) is 0 Å². The maximum Gasteiger partial charge on any atom is 0.211 e. The zero-order valence-electron chi connectivity index (χ0n) is 8.40. The lowest BCUT2D eigenvalue weighted by atomic mass is 10.1. The Morgan fingerprint density at radius 2 is 2.20 bits per heavy atom. The molecule has 0 saturated carbocycles. The Balaban J connectivity index is 2.71. The number of sulfonamides is 1. The van der Waals surface area contributed by atoms with Gasteiger partial charge in [0.2, 0.25) is 10.0 Å². The van der Waals surface area contributed by atoms with Gasteiger partial charge in [-0.15, -0.1) is 0 Å². The third-order valence-corrected chi connectivity index (χ3v) is 3.28. The van der Waals surface area contributed by atoms with Crippen LogP contribution in [0.2, 0.25) is 0 Å². The molecule has 1 rings (SSSR count). The summed E-state index contributed by atoms with van der Waals surface area (Å²) in [5.41, 5.74) is 1.31. The van der Waals surface area contributed by atoms with Crippen molar-refractivity contribution in [1.29, 1.82) is 5.26 Å². The quantitative estimate of drug-likeness (QED) is 0.829. The lowest BCUT2D eigenvalue weighted by molar-refractivity contribution is 0.582. The Morgan fingerprint density at radius 1 is 1.47 bits per heavy atom. The largest absolute Gasteiger partial charge is 0.212 e. The molecule has 0 aliphatic heterocycles. The molecular formula is C10H12N2O2S. The molecule has 0 aliphatic carbocycles. The lowest BCUT2D eigenvalue weighted by Crippen LogP contribution is -2.24. The average molecular weight is 224 g/mol. The summed E-state index contributed by atoms with van der Waals surface area (Å²) in [5, 5.41) is 8.65. The fraction of sp³-hybridized carbons (Fsp3) is 0.300. The molecule has 0 unspecified atom stereocenters. The van der Waals surface area contributed by atoms with Crippen LogP contribution >= 0.6 is 0 Å². The van der Waals surface area contributed by atoms with Crippen molar-refractivity contribution in [2.24, 2.45) is 0 Å². The Morgan fingerprint density at radius 3 is 2.80 bits per heavy atom. The number of rotatable bonds is 4. The zero-order valence-corrected chi connectivity index (χ0v) is 9.21. The van der Waals surface area contributed by atoms with Gasteiger partial charge in [0.1, 0.15) is 0 Å². The first-order valence-electron chi connectivity index (χ1n) is 4.54. The summed E-state index contributed by atoms with van der Waals surface area (Å²) < 4.78 is 24.7. The molecule has 0 bridgehead atoms. The van der Waals surface area contributed by atoms with Crippen molar-refractivity contribution in [3.8, 4) is 6.07 Å². The number of nitrogens with one attached hydrogen (secondary N) is 1. The third kappa shape index (κ3) is 3.70. The van der Waals surface area contributed by atoms with E-state index in [-0.39, 0.29) is 12.3 Å². The van der Waals surface area contributed by atoms with Crippen LogP contribution < -0.4 is 4.72 Å². The highest BCUT2D eigenvalue weighted by molar-refractivity contribution is 7.89. The van der Waals surface area contributed by atoms with Gasteiger partial charge < -0.3 is 0 Å². The summed E-state index contributed by atoms with van der Waals surface area (Å²) in [7, 11) is -3.17. The van der Waals surface area contributed by atoms with E-state index in [2.05, 4.69) is 4.72 Å². The van der Waals surface area contributed by atoms with Gasteiger partial charge in [0.05, 0.1) is 17.4 Å². The number of benzene rings is 1. The Kier molecular flexibility index (Phi) is 3.83. The zero-order chi connectivity index (χ0) is 11.3. The topological polar surface area (TPSA) is 70.0 Å². The summed E-state index contributed by atoms with van der Waals surface area (Å²) in [4.78, 5) is 0. The fourth-order valence-corrected chi connectivity index (χ4v) is 1.64. The van der Waals surface area contributed by atoms with Gasteiger partial charge in [-0.1, -0.05) is 12.1 Å². The molecule has 0 saturated heterocycles. The lowest BCUT2D eigenvalue weighted by Gasteiger charge is -2.04. The van der Waals surface area contributed by atoms with E-state index in [0.717, 1.165) is 5.56 Å². The first-order valence-corrected chi connectivity index (χ1v) is 6.19. The molecule has 5 heteroatoms. The standard InChI is InChI=1S/C10H12N2O2S/c1-2-15(13,14)12-8-10-5-3-4-9(6-10)7-11/h3-6,12H,2,8H2,1H3. The van der Waals surface area contributed by atoms with E-state index in [9.17, 15) is 8.42 Å². The molecule has 0 heterocycles. The molecule has 4 nitrogen and oxygen atoms in total. The highest BCUT2D eigenvalue weighted by Gasteiger charge is 2.05. The molecule has 0 spiro atoms. The minimum Gasteiger partial charge on any atom is -0.212 e. The van der Waals surface area contributed by atoms with Crippen LogP contribution in [0.3, 0.4) is 0 Å². The van der Waals surface area contributed by atoms with Crippen LogP contribution in [-0.4, -0.2) is 14.2 Å². The van der Waals surface area contributed by atoms with E-state index < -0.39 is 10.0 Å². The van der Waals surface area contributed by atoms with Crippen molar-refractivity contribution < 1.29 is 8.42 Å². The van der Waals surface area contributed by atoms with Crippen LogP contribution in [0.4, 0.5) is 0 Å². The second kappa shape index (κ2) is 4.91. The minimum atomic E-state index is -3.17. The van der Waals surface area contributed by atoms with E-state index in [1.807, 2.05) is 6.07 Å². The van der Waals surface area contributed by atoms with Gasteiger partial charge >= 0.3 is 0 Å². The van der Waals surface area contributed by atoms with E-state index in [1.165, 1.54) is 0 Å². The Hall–Kier alpha value is -1.38. The summed E-state index contributed by atoms with van der Waals surface area (Å²) in [5.74, 6) is 0.0605. The van der Waals surface area contributed by atoms with Crippen molar-refractivity contribution in [3.05, 3.63) is 35.4 Å². The van der Waals surface area contributed by atoms with E-state index in [0.29, 0.717) is 5.56 Å². The minimum absolute atomic E-state index is 0.0605. The number of hydrogen-bond donors (Lipinski definition) is 1. The molecule has 0 aromatic heterocycles. The van der Waals surface area contributed by atoms with Gasteiger partial charge in [-0.05, 0) is 24.6 Å². The monoisotopic (exact) mass is 224 g/mol.